The summed E-state index contributed by atoms with van der Waals surface area (Å²) in [5.41, 5.74) is 3.45. The fraction of sp³-hybridized carbons (Fsp3) is 0.350. The first-order valence-electron chi connectivity index (χ1n) is 8.58. The van der Waals surface area contributed by atoms with E-state index in [4.69, 9.17) is 9.84 Å². The summed E-state index contributed by atoms with van der Waals surface area (Å²) < 4.78 is 5.82. The number of carboxylic acid groups (broad SMARTS) is 1. The van der Waals surface area contributed by atoms with Gasteiger partial charge in [-0.05, 0) is 43.7 Å². The molecule has 132 valence electrons. The van der Waals surface area contributed by atoms with Gasteiger partial charge in [-0.25, -0.2) is 4.79 Å². The molecule has 2 aromatic carbocycles. The molecule has 0 aliphatic carbocycles. The zero-order valence-electron chi connectivity index (χ0n) is 14.6. The number of nitrogens with one attached hydrogen (secondary N) is 1. The van der Waals surface area contributed by atoms with E-state index in [1.54, 1.807) is 18.2 Å². The van der Waals surface area contributed by atoms with E-state index in [2.05, 4.69) is 36.2 Å². The van der Waals surface area contributed by atoms with Crippen LogP contribution in [0.3, 0.4) is 0 Å². The summed E-state index contributed by atoms with van der Waals surface area (Å²) in [6.45, 7) is 6.48. The Morgan fingerprint density at radius 1 is 1.16 bits per heavy atom. The summed E-state index contributed by atoms with van der Waals surface area (Å²) >= 11 is 0. The van der Waals surface area contributed by atoms with Gasteiger partial charge in [0.1, 0.15) is 0 Å². The van der Waals surface area contributed by atoms with Crippen LogP contribution in [0, 0.1) is 0 Å². The van der Waals surface area contributed by atoms with Crippen LogP contribution in [0.1, 0.15) is 29.8 Å². The van der Waals surface area contributed by atoms with Gasteiger partial charge in [0.05, 0.1) is 29.1 Å². The molecule has 0 amide bonds. The summed E-state index contributed by atoms with van der Waals surface area (Å²) in [7, 11) is 0. The largest absolute Gasteiger partial charge is 0.478 e. The van der Waals surface area contributed by atoms with Gasteiger partial charge in [-0.3, -0.25) is 0 Å². The van der Waals surface area contributed by atoms with Crippen molar-refractivity contribution in [3.8, 4) is 0 Å². The predicted molar refractivity (Wildman–Crippen MR) is 99.4 cm³/mol. The molecule has 3 rings (SSSR count). The smallest absolute Gasteiger partial charge is 0.335 e. The molecule has 1 aliphatic heterocycles. The monoisotopic (exact) mass is 340 g/mol. The normalized spacial score (nSPS) is 20.3. The third-order valence-corrected chi connectivity index (χ3v) is 4.32. The molecule has 1 heterocycles. The Labute approximate surface area is 148 Å². The van der Waals surface area contributed by atoms with E-state index in [1.807, 2.05) is 18.2 Å². The van der Waals surface area contributed by atoms with Crippen LogP contribution in [-0.2, 0) is 11.3 Å². The van der Waals surface area contributed by atoms with E-state index in [1.165, 1.54) is 0 Å². The van der Waals surface area contributed by atoms with Crippen molar-refractivity contribution in [2.75, 3.05) is 23.3 Å². The highest BCUT2D eigenvalue weighted by atomic mass is 16.5. The van der Waals surface area contributed by atoms with Gasteiger partial charge >= 0.3 is 5.97 Å². The highest BCUT2D eigenvalue weighted by Crippen LogP contribution is 2.29. The molecule has 5 heteroatoms. The van der Waals surface area contributed by atoms with Crippen molar-refractivity contribution < 1.29 is 14.6 Å². The lowest BCUT2D eigenvalue weighted by molar-refractivity contribution is -0.00518. The second kappa shape index (κ2) is 7.57. The minimum absolute atomic E-state index is 0.198. The molecule has 1 saturated heterocycles. The number of hydrogen-bond donors (Lipinski definition) is 2. The topological polar surface area (TPSA) is 61.8 Å². The number of rotatable bonds is 5. The molecular weight excluding hydrogens is 316 g/mol. The Hall–Kier alpha value is -2.53. The van der Waals surface area contributed by atoms with Crippen LogP contribution >= 0.6 is 0 Å². The standard InChI is InChI=1S/C20H24N2O3/c1-14-12-22(13-15(2)25-14)19-9-4-3-8-18(19)21-11-16-6-5-7-17(10-16)20(23)24/h3-10,14-15,21H,11-13H2,1-2H3,(H,23,24). The van der Waals surface area contributed by atoms with Gasteiger partial charge in [-0.15, -0.1) is 0 Å². The number of hydrogen-bond acceptors (Lipinski definition) is 4. The number of benzene rings is 2. The number of aromatic carboxylic acids is 1. The number of para-hydroxylation sites is 2. The Kier molecular flexibility index (Phi) is 5.24. The maximum atomic E-state index is 11.1. The lowest BCUT2D eigenvalue weighted by Gasteiger charge is -2.37. The molecule has 2 unspecified atom stereocenters. The van der Waals surface area contributed by atoms with Crippen LogP contribution in [0.15, 0.2) is 48.5 Å². The van der Waals surface area contributed by atoms with Crippen molar-refractivity contribution in [1.82, 2.24) is 0 Å². The molecule has 2 atom stereocenters. The second-order valence-electron chi connectivity index (χ2n) is 6.54. The van der Waals surface area contributed by atoms with Crippen molar-refractivity contribution in [2.45, 2.75) is 32.6 Å². The first-order chi connectivity index (χ1) is 12.0. The van der Waals surface area contributed by atoms with Crippen molar-refractivity contribution in [3.05, 3.63) is 59.7 Å². The number of ether oxygens (including phenoxy) is 1. The number of carbonyl (C=O) groups is 1. The van der Waals surface area contributed by atoms with E-state index in [0.717, 1.165) is 30.0 Å². The average Bonchev–Trinajstić information content (AvgIpc) is 2.59. The van der Waals surface area contributed by atoms with E-state index in [-0.39, 0.29) is 12.2 Å². The third kappa shape index (κ3) is 4.31. The number of nitrogens with zero attached hydrogens (tertiary/aromatic N) is 1. The first-order valence-corrected chi connectivity index (χ1v) is 8.58. The Morgan fingerprint density at radius 2 is 1.88 bits per heavy atom. The summed E-state index contributed by atoms with van der Waals surface area (Å²) in [6, 6.07) is 15.2. The summed E-state index contributed by atoms with van der Waals surface area (Å²) in [6.07, 6.45) is 0.396. The van der Waals surface area contributed by atoms with Gasteiger partial charge in [0, 0.05) is 19.6 Å². The van der Waals surface area contributed by atoms with E-state index < -0.39 is 5.97 Å². The molecular formula is C20H24N2O3. The molecule has 5 nitrogen and oxygen atoms in total. The maximum absolute atomic E-state index is 11.1. The van der Waals surface area contributed by atoms with Gasteiger partial charge in [0.15, 0.2) is 0 Å². The number of carboxylic acids is 1. The molecule has 1 fully saturated rings. The highest BCUT2D eigenvalue weighted by molar-refractivity contribution is 5.87. The average molecular weight is 340 g/mol. The fourth-order valence-electron chi connectivity index (χ4n) is 3.29. The molecule has 0 saturated carbocycles. The van der Waals surface area contributed by atoms with Gasteiger partial charge in [-0.1, -0.05) is 24.3 Å². The Morgan fingerprint density at radius 3 is 2.60 bits per heavy atom. The molecule has 0 radical (unpaired) electrons. The maximum Gasteiger partial charge on any atom is 0.335 e. The summed E-state index contributed by atoms with van der Waals surface area (Å²) in [5.74, 6) is -0.904. The fourth-order valence-corrected chi connectivity index (χ4v) is 3.29. The lowest BCUT2D eigenvalue weighted by Crippen LogP contribution is -2.45. The quantitative estimate of drug-likeness (QED) is 0.871. The number of morpholine rings is 1. The van der Waals surface area contributed by atoms with E-state index >= 15 is 0 Å². The SMILES string of the molecule is CC1CN(c2ccccc2NCc2cccc(C(=O)O)c2)CC(C)O1. The summed E-state index contributed by atoms with van der Waals surface area (Å²) in [4.78, 5) is 13.5. The number of anilines is 2. The van der Waals surface area contributed by atoms with Gasteiger partial charge in [0.2, 0.25) is 0 Å². The zero-order valence-corrected chi connectivity index (χ0v) is 14.6. The van der Waals surface area contributed by atoms with Gasteiger partial charge in [-0.2, -0.15) is 0 Å². The molecule has 2 aromatic rings. The van der Waals surface area contributed by atoms with Crippen molar-refractivity contribution in [1.29, 1.82) is 0 Å². The van der Waals surface area contributed by atoms with Crippen LogP contribution in [0.5, 0.6) is 0 Å². The highest BCUT2D eigenvalue weighted by Gasteiger charge is 2.23. The van der Waals surface area contributed by atoms with Crippen LogP contribution in [-0.4, -0.2) is 36.4 Å². The first kappa shape index (κ1) is 17.3. The van der Waals surface area contributed by atoms with Crippen LogP contribution in [0.25, 0.3) is 0 Å². The van der Waals surface area contributed by atoms with Gasteiger partial charge in [0.25, 0.3) is 0 Å². The molecule has 2 N–H and O–H groups in total. The third-order valence-electron chi connectivity index (χ3n) is 4.32. The Balaban J connectivity index is 1.75. The zero-order chi connectivity index (χ0) is 17.8. The Bertz CT molecular complexity index is 737. The van der Waals surface area contributed by atoms with Gasteiger partial charge < -0.3 is 20.1 Å². The molecule has 1 aliphatic rings. The second-order valence-corrected chi connectivity index (χ2v) is 6.54. The van der Waals surface area contributed by atoms with Crippen molar-refractivity contribution >= 4 is 17.3 Å². The molecule has 25 heavy (non-hydrogen) atoms. The van der Waals surface area contributed by atoms with Crippen LogP contribution < -0.4 is 10.2 Å². The van der Waals surface area contributed by atoms with E-state index in [9.17, 15) is 4.79 Å². The van der Waals surface area contributed by atoms with Crippen LogP contribution in [0.4, 0.5) is 11.4 Å². The predicted octanol–water partition coefficient (Wildman–Crippen LogP) is 3.61. The minimum atomic E-state index is -0.904. The molecule has 0 aromatic heterocycles. The minimum Gasteiger partial charge on any atom is -0.478 e. The van der Waals surface area contributed by atoms with Crippen LogP contribution in [0.2, 0.25) is 0 Å². The van der Waals surface area contributed by atoms with E-state index in [0.29, 0.717) is 12.1 Å². The summed E-state index contributed by atoms with van der Waals surface area (Å²) in [5, 5.41) is 12.6. The molecule has 0 bridgehead atoms. The molecule has 0 spiro atoms. The lowest BCUT2D eigenvalue weighted by atomic mass is 10.1. The van der Waals surface area contributed by atoms with Crippen molar-refractivity contribution in [3.63, 3.8) is 0 Å². The van der Waals surface area contributed by atoms with Crippen molar-refractivity contribution in [2.24, 2.45) is 0 Å².